The standard InChI is InChI=1S/C11H15F3O7/c1-4(15)9(20,5(2)16)10(21,6(3)17)7(8(18)19)11(12,13)14/h4,7,15,20-21H,1-3H3,(H,18,19)/t4-,7+,9-,10+/m1/s1. The molecule has 0 saturated carbocycles. The first-order chi connectivity index (χ1) is 9.15. The number of aliphatic hydroxyl groups excluding tert-OH is 1. The third kappa shape index (κ3) is 2.92. The second kappa shape index (κ2) is 5.70. The fraction of sp³-hybridized carbons (Fsp3) is 0.727. The minimum Gasteiger partial charge on any atom is -0.481 e. The SMILES string of the molecule is CC(=O)[C@](O)([C@H](C(=O)O)C(F)(F)F)[C@](O)(C(C)=O)[C@@H](C)O. The summed E-state index contributed by atoms with van der Waals surface area (Å²) in [6.07, 6.45) is -8.00. The molecule has 0 saturated heterocycles. The minimum atomic E-state index is -5.66. The topological polar surface area (TPSA) is 132 Å². The molecular formula is C11H15F3O7. The molecule has 4 N–H and O–H groups in total. The van der Waals surface area contributed by atoms with Crippen LogP contribution in [-0.2, 0) is 14.4 Å². The summed E-state index contributed by atoms with van der Waals surface area (Å²) in [5.41, 5.74) is -7.73. The average molecular weight is 316 g/mol. The molecule has 21 heavy (non-hydrogen) atoms. The number of aliphatic hydroxyl groups is 3. The zero-order valence-corrected chi connectivity index (χ0v) is 11.3. The number of carboxylic acids is 1. The predicted molar refractivity (Wildman–Crippen MR) is 60.1 cm³/mol. The maximum atomic E-state index is 12.9. The third-order valence-corrected chi connectivity index (χ3v) is 3.25. The number of carboxylic acid groups (broad SMARTS) is 1. The normalized spacial score (nSPS) is 20.8. The molecule has 0 heterocycles. The number of aliphatic carboxylic acids is 1. The van der Waals surface area contributed by atoms with Crippen molar-refractivity contribution in [1.29, 1.82) is 0 Å². The Morgan fingerprint density at radius 2 is 1.29 bits per heavy atom. The molecule has 0 fully saturated rings. The summed E-state index contributed by atoms with van der Waals surface area (Å²) in [6.45, 7) is 1.53. The second-order valence-electron chi connectivity index (χ2n) is 4.63. The van der Waals surface area contributed by atoms with Crippen LogP contribution in [0.2, 0.25) is 0 Å². The van der Waals surface area contributed by atoms with Crippen molar-refractivity contribution in [3.63, 3.8) is 0 Å². The van der Waals surface area contributed by atoms with Gasteiger partial charge in [0.15, 0.2) is 28.7 Å². The van der Waals surface area contributed by atoms with E-state index in [1.807, 2.05) is 0 Å². The molecule has 0 aromatic carbocycles. The van der Waals surface area contributed by atoms with Gasteiger partial charge < -0.3 is 20.4 Å². The van der Waals surface area contributed by atoms with E-state index in [4.69, 9.17) is 5.11 Å². The van der Waals surface area contributed by atoms with Gasteiger partial charge in [0.2, 0.25) is 0 Å². The van der Waals surface area contributed by atoms with Gasteiger partial charge >= 0.3 is 12.1 Å². The Morgan fingerprint density at radius 1 is 0.952 bits per heavy atom. The highest BCUT2D eigenvalue weighted by Crippen LogP contribution is 2.43. The molecule has 0 aliphatic heterocycles. The first-order valence-electron chi connectivity index (χ1n) is 5.59. The highest BCUT2D eigenvalue weighted by Gasteiger charge is 2.71. The van der Waals surface area contributed by atoms with Crippen LogP contribution in [0.3, 0.4) is 0 Å². The lowest BCUT2D eigenvalue weighted by Crippen LogP contribution is -2.74. The van der Waals surface area contributed by atoms with Crippen LogP contribution in [-0.4, -0.2) is 61.4 Å². The molecule has 4 atom stereocenters. The minimum absolute atomic E-state index is 0.373. The fourth-order valence-corrected chi connectivity index (χ4v) is 2.13. The van der Waals surface area contributed by atoms with E-state index in [9.17, 15) is 42.9 Å². The van der Waals surface area contributed by atoms with Gasteiger partial charge in [-0.05, 0) is 20.8 Å². The van der Waals surface area contributed by atoms with Crippen LogP contribution >= 0.6 is 0 Å². The van der Waals surface area contributed by atoms with Crippen molar-refractivity contribution < 1.29 is 48.0 Å². The lowest BCUT2D eigenvalue weighted by Gasteiger charge is -2.45. The Morgan fingerprint density at radius 3 is 1.43 bits per heavy atom. The summed E-state index contributed by atoms with van der Waals surface area (Å²) in [5.74, 6) is -9.90. The molecule has 0 spiro atoms. The molecule has 0 unspecified atom stereocenters. The van der Waals surface area contributed by atoms with E-state index >= 15 is 0 Å². The van der Waals surface area contributed by atoms with Crippen molar-refractivity contribution in [3.8, 4) is 0 Å². The van der Waals surface area contributed by atoms with E-state index in [2.05, 4.69) is 0 Å². The molecular weight excluding hydrogens is 301 g/mol. The fourth-order valence-electron chi connectivity index (χ4n) is 2.13. The number of hydrogen-bond acceptors (Lipinski definition) is 6. The van der Waals surface area contributed by atoms with E-state index < -0.39 is 46.9 Å². The summed E-state index contributed by atoms with van der Waals surface area (Å²) in [7, 11) is 0. The Bertz CT molecular complexity index is 459. The van der Waals surface area contributed by atoms with Crippen molar-refractivity contribution in [2.24, 2.45) is 5.92 Å². The second-order valence-corrected chi connectivity index (χ2v) is 4.63. The van der Waals surface area contributed by atoms with Crippen molar-refractivity contribution in [2.45, 2.75) is 44.3 Å². The van der Waals surface area contributed by atoms with Crippen LogP contribution < -0.4 is 0 Å². The number of alkyl halides is 3. The highest BCUT2D eigenvalue weighted by molar-refractivity contribution is 6.00. The van der Waals surface area contributed by atoms with E-state index in [-0.39, 0.29) is 0 Å². The number of halogens is 3. The Hall–Kier alpha value is -1.52. The number of ketones is 2. The van der Waals surface area contributed by atoms with Gasteiger partial charge in [-0.3, -0.25) is 14.4 Å². The molecule has 0 radical (unpaired) electrons. The molecule has 0 aromatic rings. The summed E-state index contributed by atoms with van der Waals surface area (Å²) >= 11 is 0. The number of carbonyl (C=O) groups is 3. The van der Waals surface area contributed by atoms with Crippen LogP contribution in [0, 0.1) is 5.92 Å². The number of Topliss-reactive ketones (excluding diaryl/α,β-unsaturated/α-hetero) is 2. The van der Waals surface area contributed by atoms with Crippen molar-refractivity contribution in [1.82, 2.24) is 0 Å². The maximum Gasteiger partial charge on any atom is 0.405 e. The molecule has 0 amide bonds. The average Bonchev–Trinajstić information content (AvgIpc) is 2.23. The molecule has 0 aliphatic carbocycles. The van der Waals surface area contributed by atoms with Gasteiger partial charge in [-0.15, -0.1) is 0 Å². The molecule has 0 aliphatic rings. The van der Waals surface area contributed by atoms with Crippen molar-refractivity contribution >= 4 is 17.5 Å². The van der Waals surface area contributed by atoms with E-state index in [1.54, 1.807) is 0 Å². The number of carbonyl (C=O) groups excluding carboxylic acids is 2. The smallest absolute Gasteiger partial charge is 0.405 e. The Labute approximate surface area is 117 Å². The first-order valence-corrected chi connectivity index (χ1v) is 5.59. The lowest BCUT2D eigenvalue weighted by atomic mass is 9.66. The molecule has 0 rings (SSSR count). The van der Waals surface area contributed by atoms with Gasteiger partial charge in [0.25, 0.3) is 0 Å². The molecule has 0 aromatic heterocycles. The quantitative estimate of drug-likeness (QED) is 0.508. The largest absolute Gasteiger partial charge is 0.481 e. The monoisotopic (exact) mass is 316 g/mol. The Kier molecular flexibility index (Phi) is 5.29. The summed E-state index contributed by atoms with van der Waals surface area (Å²) < 4.78 is 38.7. The maximum absolute atomic E-state index is 12.9. The van der Waals surface area contributed by atoms with Crippen molar-refractivity contribution in [2.75, 3.05) is 0 Å². The first kappa shape index (κ1) is 19.5. The van der Waals surface area contributed by atoms with E-state index in [0.29, 0.717) is 20.8 Å². The van der Waals surface area contributed by atoms with Gasteiger partial charge in [0, 0.05) is 0 Å². The zero-order valence-electron chi connectivity index (χ0n) is 11.3. The van der Waals surface area contributed by atoms with Crippen LogP contribution in [0.25, 0.3) is 0 Å². The summed E-state index contributed by atoms with van der Waals surface area (Å²) in [4.78, 5) is 33.8. The Balaban J connectivity index is 6.61. The molecule has 122 valence electrons. The van der Waals surface area contributed by atoms with Crippen LogP contribution in [0.5, 0.6) is 0 Å². The molecule has 0 bridgehead atoms. The van der Waals surface area contributed by atoms with Gasteiger partial charge in [-0.2, -0.15) is 13.2 Å². The highest BCUT2D eigenvalue weighted by atomic mass is 19.4. The number of rotatable bonds is 6. The number of hydrogen-bond donors (Lipinski definition) is 4. The van der Waals surface area contributed by atoms with Gasteiger partial charge in [0.05, 0.1) is 6.10 Å². The van der Waals surface area contributed by atoms with Gasteiger partial charge in [-0.1, -0.05) is 0 Å². The van der Waals surface area contributed by atoms with Gasteiger partial charge in [-0.25, -0.2) is 0 Å². The van der Waals surface area contributed by atoms with Crippen LogP contribution in [0.4, 0.5) is 13.2 Å². The van der Waals surface area contributed by atoms with E-state index in [0.717, 1.165) is 0 Å². The summed E-state index contributed by atoms with van der Waals surface area (Å²) in [5, 5.41) is 38.1. The van der Waals surface area contributed by atoms with Crippen molar-refractivity contribution in [3.05, 3.63) is 0 Å². The zero-order chi connectivity index (χ0) is 17.4. The third-order valence-electron chi connectivity index (χ3n) is 3.25. The van der Waals surface area contributed by atoms with Gasteiger partial charge in [0.1, 0.15) is 0 Å². The lowest BCUT2D eigenvalue weighted by molar-refractivity contribution is -0.268. The molecule has 10 heteroatoms. The molecule has 7 nitrogen and oxygen atoms in total. The van der Waals surface area contributed by atoms with Crippen LogP contribution in [0.15, 0.2) is 0 Å². The predicted octanol–water partition coefficient (Wildman–Crippen LogP) is -0.730. The summed E-state index contributed by atoms with van der Waals surface area (Å²) in [6, 6.07) is 0. The van der Waals surface area contributed by atoms with E-state index in [1.165, 1.54) is 0 Å². The van der Waals surface area contributed by atoms with Crippen LogP contribution in [0.1, 0.15) is 20.8 Å².